The van der Waals surface area contributed by atoms with E-state index >= 15 is 0 Å². The minimum absolute atomic E-state index is 0.127. The molecule has 0 spiro atoms. The molecular weight excluding hydrogens is 308 g/mol. The number of nitro benzene ring substituents is 1. The number of hydrazone groups is 1. The van der Waals surface area contributed by atoms with Crippen LogP contribution in [-0.2, 0) is 10.0 Å². The molecule has 0 atom stereocenters. The number of nitro groups is 1. The van der Waals surface area contributed by atoms with Crippen LogP contribution in [0.4, 0.5) is 11.4 Å². The van der Waals surface area contributed by atoms with Gasteiger partial charge in [0, 0.05) is 11.8 Å². The number of nitrogens with one attached hydrogen (secondary N) is 1. The van der Waals surface area contributed by atoms with Crippen molar-refractivity contribution in [3.63, 3.8) is 0 Å². The molecule has 0 aliphatic rings. The van der Waals surface area contributed by atoms with Crippen LogP contribution < -0.4 is 10.6 Å². The number of nitrogens with zero attached hydrogens (tertiary/aromatic N) is 2. The highest BCUT2D eigenvalue weighted by Crippen LogP contribution is 2.27. The van der Waals surface area contributed by atoms with Crippen molar-refractivity contribution >= 4 is 27.1 Å². The molecule has 122 valence electrons. The zero-order chi connectivity index (χ0) is 16.8. The molecule has 1 aromatic carbocycles. The van der Waals surface area contributed by atoms with Crippen LogP contribution in [0.2, 0.25) is 0 Å². The normalized spacial score (nSPS) is 11.0. The average Bonchev–Trinajstić information content (AvgIpc) is 2.44. The van der Waals surface area contributed by atoms with Crippen molar-refractivity contribution in [2.45, 2.75) is 44.4 Å². The van der Waals surface area contributed by atoms with Gasteiger partial charge in [-0.3, -0.25) is 15.5 Å². The molecule has 9 heteroatoms. The lowest BCUT2D eigenvalue weighted by molar-refractivity contribution is -0.384. The topological polar surface area (TPSA) is 128 Å². The molecule has 0 saturated carbocycles. The highest BCUT2D eigenvalue weighted by atomic mass is 32.2. The summed E-state index contributed by atoms with van der Waals surface area (Å²) in [5.41, 5.74) is 3.31. The van der Waals surface area contributed by atoms with E-state index < -0.39 is 14.9 Å². The Labute approximate surface area is 129 Å². The number of primary sulfonamides is 1. The lowest BCUT2D eigenvalue weighted by atomic mass is 10.1. The SMILES string of the molecule is CCCC(CCC)=NNc1ccc(S(N)(=O)=O)cc1[N+](=O)[O-]. The van der Waals surface area contributed by atoms with Crippen LogP contribution in [0.5, 0.6) is 0 Å². The molecule has 0 fully saturated rings. The van der Waals surface area contributed by atoms with E-state index in [9.17, 15) is 18.5 Å². The quantitative estimate of drug-likeness (QED) is 0.430. The third kappa shape index (κ3) is 5.08. The van der Waals surface area contributed by atoms with E-state index in [4.69, 9.17) is 5.14 Å². The van der Waals surface area contributed by atoms with Crippen molar-refractivity contribution in [3.05, 3.63) is 28.3 Å². The van der Waals surface area contributed by atoms with Crippen LogP contribution in [-0.4, -0.2) is 19.1 Å². The summed E-state index contributed by atoms with van der Waals surface area (Å²) >= 11 is 0. The third-order valence-electron chi connectivity index (χ3n) is 2.91. The minimum atomic E-state index is -3.99. The Bertz CT molecular complexity index is 663. The summed E-state index contributed by atoms with van der Waals surface area (Å²) in [5.74, 6) is 0. The van der Waals surface area contributed by atoms with Gasteiger partial charge in [0.25, 0.3) is 5.69 Å². The molecule has 0 amide bonds. The molecule has 0 aromatic heterocycles. The van der Waals surface area contributed by atoms with Crippen LogP contribution in [0.25, 0.3) is 0 Å². The van der Waals surface area contributed by atoms with E-state index in [1.807, 2.05) is 13.8 Å². The number of nitrogens with two attached hydrogens (primary N) is 1. The van der Waals surface area contributed by atoms with Crippen LogP contribution >= 0.6 is 0 Å². The lowest BCUT2D eigenvalue weighted by Crippen LogP contribution is -2.12. The van der Waals surface area contributed by atoms with Gasteiger partial charge in [-0.1, -0.05) is 26.7 Å². The second-order valence-corrected chi connectivity index (χ2v) is 6.33. The van der Waals surface area contributed by atoms with E-state index in [0.29, 0.717) is 0 Å². The molecule has 0 aliphatic carbocycles. The summed E-state index contributed by atoms with van der Waals surface area (Å²) in [6.07, 6.45) is 3.44. The first kappa shape index (κ1) is 18.1. The van der Waals surface area contributed by atoms with Gasteiger partial charge in [-0.2, -0.15) is 5.10 Å². The van der Waals surface area contributed by atoms with Gasteiger partial charge in [-0.05, 0) is 25.0 Å². The van der Waals surface area contributed by atoms with Crippen LogP contribution in [0.15, 0.2) is 28.2 Å². The van der Waals surface area contributed by atoms with Crippen molar-refractivity contribution in [2.24, 2.45) is 10.2 Å². The van der Waals surface area contributed by atoms with Crippen molar-refractivity contribution in [3.8, 4) is 0 Å². The van der Waals surface area contributed by atoms with E-state index in [1.165, 1.54) is 12.1 Å². The van der Waals surface area contributed by atoms with Crippen molar-refractivity contribution < 1.29 is 13.3 Å². The molecule has 22 heavy (non-hydrogen) atoms. The number of rotatable bonds is 8. The van der Waals surface area contributed by atoms with E-state index in [1.54, 1.807) is 0 Å². The van der Waals surface area contributed by atoms with Gasteiger partial charge in [0.1, 0.15) is 5.69 Å². The first-order chi connectivity index (χ1) is 10.3. The van der Waals surface area contributed by atoms with Gasteiger partial charge in [-0.15, -0.1) is 0 Å². The Balaban J connectivity index is 3.14. The molecular formula is C13H20N4O4S. The minimum Gasteiger partial charge on any atom is -0.272 e. The summed E-state index contributed by atoms with van der Waals surface area (Å²) in [6.45, 7) is 4.04. The van der Waals surface area contributed by atoms with Gasteiger partial charge in [-0.25, -0.2) is 13.6 Å². The second kappa shape index (κ2) is 7.85. The van der Waals surface area contributed by atoms with Crippen molar-refractivity contribution in [1.82, 2.24) is 0 Å². The molecule has 0 radical (unpaired) electrons. The Morgan fingerprint density at radius 3 is 2.36 bits per heavy atom. The Morgan fingerprint density at radius 1 is 1.32 bits per heavy atom. The Kier molecular flexibility index (Phi) is 6.44. The van der Waals surface area contributed by atoms with E-state index in [2.05, 4.69) is 10.5 Å². The second-order valence-electron chi connectivity index (χ2n) is 4.77. The monoisotopic (exact) mass is 328 g/mol. The smallest absolute Gasteiger partial charge is 0.272 e. The van der Waals surface area contributed by atoms with Gasteiger partial charge in [0.15, 0.2) is 0 Å². The number of benzene rings is 1. The summed E-state index contributed by atoms with van der Waals surface area (Å²) in [7, 11) is -3.99. The van der Waals surface area contributed by atoms with Crippen molar-refractivity contribution in [1.29, 1.82) is 0 Å². The van der Waals surface area contributed by atoms with Gasteiger partial charge < -0.3 is 0 Å². The molecule has 8 nitrogen and oxygen atoms in total. The maximum atomic E-state index is 11.3. The molecule has 0 aliphatic heterocycles. The van der Waals surface area contributed by atoms with Crippen LogP contribution in [0, 0.1) is 10.1 Å². The number of hydrogen-bond donors (Lipinski definition) is 2. The van der Waals surface area contributed by atoms with Gasteiger partial charge in [0.05, 0.1) is 9.82 Å². The molecule has 0 unspecified atom stereocenters. The molecule has 0 bridgehead atoms. The first-order valence-corrected chi connectivity index (χ1v) is 8.46. The largest absolute Gasteiger partial charge is 0.295 e. The zero-order valence-corrected chi connectivity index (χ0v) is 13.4. The number of sulfonamides is 1. The zero-order valence-electron chi connectivity index (χ0n) is 12.6. The standard InChI is InChI=1S/C13H20N4O4S/c1-3-5-10(6-4-2)15-16-12-8-7-11(22(14,20)21)9-13(12)17(18)19/h7-9,16H,3-6H2,1-2H3,(H2,14,20,21). The Hall–Kier alpha value is -2.00. The fourth-order valence-electron chi connectivity index (χ4n) is 1.89. The van der Waals surface area contributed by atoms with E-state index in [-0.39, 0.29) is 16.3 Å². The molecule has 0 heterocycles. The third-order valence-corrected chi connectivity index (χ3v) is 3.82. The number of anilines is 1. The maximum absolute atomic E-state index is 11.3. The molecule has 3 N–H and O–H groups in total. The summed E-state index contributed by atoms with van der Waals surface area (Å²) < 4.78 is 22.5. The van der Waals surface area contributed by atoms with Gasteiger partial charge >= 0.3 is 0 Å². The Morgan fingerprint density at radius 2 is 1.91 bits per heavy atom. The highest BCUT2D eigenvalue weighted by molar-refractivity contribution is 7.89. The number of hydrogen-bond acceptors (Lipinski definition) is 6. The molecule has 1 aromatic rings. The van der Waals surface area contributed by atoms with Gasteiger partial charge in [0.2, 0.25) is 10.0 Å². The highest BCUT2D eigenvalue weighted by Gasteiger charge is 2.19. The predicted molar refractivity (Wildman–Crippen MR) is 85.3 cm³/mol. The van der Waals surface area contributed by atoms with Crippen molar-refractivity contribution in [2.75, 3.05) is 5.43 Å². The lowest BCUT2D eigenvalue weighted by Gasteiger charge is -2.07. The first-order valence-electron chi connectivity index (χ1n) is 6.92. The van der Waals surface area contributed by atoms with Crippen LogP contribution in [0.3, 0.4) is 0 Å². The fourth-order valence-corrected chi connectivity index (χ4v) is 2.42. The fraction of sp³-hybridized carbons (Fsp3) is 0.462. The summed E-state index contributed by atoms with van der Waals surface area (Å²) in [6, 6.07) is 3.42. The average molecular weight is 328 g/mol. The summed E-state index contributed by atoms with van der Waals surface area (Å²) in [5, 5.41) is 20.2. The summed E-state index contributed by atoms with van der Waals surface area (Å²) in [4.78, 5) is 10.1. The van der Waals surface area contributed by atoms with Crippen LogP contribution in [0.1, 0.15) is 39.5 Å². The van der Waals surface area contributed by atoms with E-state index in [0.717, 1.165) is 37.5 Å². The molecule has 1 rings (SSSR count). The molecule has 0 saturated heterocycles. The predicted octanol–water partition coefficient (Wildman–Crippen LogP) is 2.61. The maximum Gasteiger partial charge on any atom is 0.295 e.